The van der Waals surface area contributed by atoms with Crippen molar-refractivity contribution in [2.75, 3.05) is 0 Å². The first-order valence-electron chi connectivity index (χ1n) is 6.59. The Morgan fingerprint density at radius 3 is 2.50 bits per heavy atom. The molecule has 0 aliphatic heterocycles. The van der Waals surface area contributed by atoms with Crippen molar-refractivity contribution in [2.45, 2.75) is 51.6 Å². The van der Waals surface area contributed by atoms with Gasteiger partial charge in [-0.15, -0.1) is 0 Å². The van der Waals surface area contributed by atoms with Crippen molar-refractivity contribution < 1.29 is 0 Å². The van der Waals surface area contributed by atoms with Crippen LogP contribution < -0.4 is 5.32 Å². The van der Waals surface area contributed by atoms with Crippen molar-refractivity contribution in [3.05, 3.63) is 35.9 Å². The standard InChI is InChI=1S/C15H23N/c1-3-15(14-9-10-14)16-12(2)11-13-7-5-4-6-8-13/h4-8,12,14-16H,3,9-11H2,1-2H3. The van der Waals surface area contributed by atoms with E-state index in [2.05, 4.69) is 49.5 Å². The van der Waals surface area contributed by atoms with Gasteiger partial charge in [-0.1, -0.05) is 37.3 Å². The van der Waals surface area contributed by atoms with Crippen molar-refractivity contribution in [2.24, 2.45) is 5.92 Å². The van der Waals surface area contributed by atoms with E-state index in [1.165, 1.54) is 24.8 Å². The number of rotatable bonds is 6. The van der Waals surface area contributed by atoms with Crippen molar-refractivity contribution in [1.82, 2.24) is 5.32 Å². The Hall–Kier alpha value is -0.820. The normalized spacial score (nSPS) is 19.4. The predicted molar refractivity (Wildman–Crippen MR) is 69.5 cm³/mol. The molecule has 16 heavy (non-hydrogen) atoms. The zero-order valence-corrected chi connectivity index (χ0v) is 10.4. The number of hydrogen-bond acceptors (Lipinski definition) is 1. The molecule has 0 saturated heterocycles. The van der Waals surface area contributed by atoms with Gasteiger partial charge in [-0.3, -0.25) is 0 Å². The second-order valence-corrected chi connectivity index (χ2v) is 5.11. The van der Waals surface area contributed by atoms with Gasteiger partial charge in [-0.05, 0) is 44.1 Å². The highest BCUT2D eigenvalue weighted by molar-refractivity contribution is 5.15. The van der Waals surface area contributed by atoms with Crippen LogP contribution in [0.4, 0.5) is 0 Å². The van der Waals surface area contributed by atoms with Gasteiger partial charge in [0.2, 0.25) is 0 Å². The lowest BCUT2D eigenvalue weighted by molar-refractivity contribution is 0.397. The summed E-state index contributed by atoms with van der Waals surface area (Å²) in [5.74, 6) is 0.961. The van der Waals surface area contributed by atoms with E-state index in [1.54, 1.807) is 0 Å². The van der Waals surface area contributed by atoms with Gasteiger partial charge in [0.05, 0.1) is 0 Å². The first-order valence-corrected chi connectivity index (χ1v) is 6.59. The maximum Gasteiger partial charge on any atom is 0.00953 e. The molecule has 0 bridgehead atoms. The lowest BCUT2D eigenvalue weighted by Crippen LogP contribution is -2.38. The summed E-state index contributed by atoms with van der Waals surface area (Å²) in [6.07, 6.45) is 5.28. The third-order valence-electron chi connectivity index (χ3n) is 3.51. The van der Waals surface area contributed by atoms with Crippen LogP contribution in [0.1, 0.15) is 38.7 Å². The topological polar surface area (TPSA) is 12.0 Å². The molecule has 2 rings (SSSR count). The first kappa shape index (κ1) is 11.7. The molecule has 1 fully saturated rings. The van der Waals surface area contributed by atoms with Crippen LogP contribution >= 0.6 is 0 Å². The summed E-state index contributed by atoms with van der Waals surface area (Å²) < 4.78 is 0. The zero-order chi connectivity index (χ0) is 11.4. The van der Waals surface area contributed by atoms with Crippen LogP contribution in [0, 0.1) is 5.92 Å². The van der Waals surface area contributed by atoms with Gasteiger partial charge < -0.3 is 5.32 Å². The quantitative estimate of drug-likeness (QED) is 0.770. The Labute approximate surface area is 99.3 Å². The van der Waals surface area contributed by atoms with Crippen LogP contribution in [0.25, 0.3) is 0 Å². The van der Waals surface area contributed by atoms with Gasteiger partial charge >= 0.3 is 0 Å². The fourth-order valence-corrected chi connectivity index (χ4v) is 2.48. The second-order valence-electron chi connectivity index (χ2n) is 5.11. The molecule has 0 spiro atoms. The minimum atomic E-state index is 0.591. The smallest absolute Gasteiger partial charge is 0.00953 e. The van der Waals surface area contributed by atoms with Crippen LogP contribution in [-0.2, 0) is 6.42 Å². The molecule has 0 amide bonds. The average molecular weight is 217 g/mol. The van der Waals surface area contributed by atoms with Gasteiger partial charge in [0, 0.05) is 12.1 Å². The molecule has 1 heteroatoms. The van der Waals surface area contributed by atoms with E-state index in [0.717, 1.165) is 18.4 Å². The molecule has 1 aliphatic rings. The lowest BCUT2D eigenvalue weighted by Gasteiger charge is -2.22. The summed E-state index contributed by atoms with van der Waals surface area (Å²) in [5.41, 5.74) is 1.44. The van der Waals surface area contributed by atoms with E-state index in [-0.39, 0.29) is 0 Å². The van der Waals surface area contributed by atoms with E-state index in [9.17, 15) is 0 Å². The summed E-state index contributed by atoms with van der Waals surface area (Å²) in [4.78, 5) is 0. The van der Waals surface area contributed by atoms with Crippen LogP contribution in [0.2, 0.25) is 0 Å². The highest BCUT2D eigenvalue weighted by atomic mass is 15.0. The Morgan fingerprint density at radius 2 is 1.94 bits per heavy atom. The minimum absolute atomic E-state index is 0.591. The van der Waals surface area contributed by atoms with Crippen LogP contribution in [0.15, 0.2) is 30.3 Å². The number of nitrogens with one attached hydrogen (secondary N) is 1. The molecule has 1 N–H and O–H groups in total. The lowest BCUT2D eigenvalue weighted by atomic mass is 10.0. The molecular weight excluding hydrogens is 194 g/mol. The van der Waals surface area contributed by atoms with Crippen molar-refractivity contribution in [1.29, 1.82) is 0 Å². The maximum atomic E-state index is 3.78. The minimum Gasteiger partial charge on any atom is -0.311 e. The van der Waals surface area contributed by atoms with Gasteiger partial charge in [0.1, 0.15) is 0 Å². The van der Waals surface area contributed by atoms with Crippen LogP contribution in [0.3, 0.4) is 0 Å². The van der Waals surface area contributed by atoms with Crippen LogP contribution in [-0.4, -0.2) is 12.1 Å². The fraction of sp³-hybridized carbons (Fsp3) is 0.600. The molecule has 2 atom stereocenters. The number of hydrogen-bond donors (Lipinski definition) is 1. The molecule has 1 aromatic carbocycles. The maximum absolute atomic E-state index is 3.78. The van der Waals surface area contributed by atoms with E-state index in [1.807, 2.05) is 0 Å². The summed E-state index contributed by atoms with van der Waals surface area (Å²) in [6, 6.07) is 12.1. The molecule has 0 radical (unpaired) electrons. The van der Waals surface area contributed by atoms with Crippen molar-refractivity contribution in [3.8, 4) is 0 Å². The van der Waals surface area contributed by atoms with Crippen LogP contribution in [0.5, 0.6) is 0 Å². The highest BCUT2D eigenvalue weighted by Gasteiger charge is 2.30. The zero-order valence-electron chi connectivity index (χ0n) is 10.4. The molecule has 0 aromatic heterocycles. The van der Waals surface area contributed by atoms with Gasteiger partial charge in [0.25, 0.3) is 0 Å². The third kappa shape index (κ3) is 3.34. The van der Waals surface area contributed by atoms with E-state index in [4.69, 9.17) is 0 Å². The highest BCUT2D eigenvalue weighted by Crippen LogP contribution is 2.34. The molecule has 88 valence electrons. The molecule has 1 saturated carbocycles. The molecule has 1 aromatic rings. The fourth-order valence-electron chi connectivity index (χ4n) is 2.48. The third-order valence-corrected chi connectivity index (χ3v) is 3.51. The predicted octanol–water partition coefficient (Wildman–Crippen LogP) is 3.40. The SMILES string of the molecule is CCC(NC(C)Cc1ccccc1)C1CC1. The largest absolute Gasteiger partial charge is 0.311 e. The molecule has 1 nitrogen and oxygen atoms in total. The van der Waals surface area contributed by atoms with Gasteiger partial charge in [-0.25, -0.2) is 0 Å². The monoisotopic (exact) mass is 217 g/mol. The van der Waals surface area contributed by atoms with Crippen molar-refractivity contribution in [3.63, 3.8) is 0 Å². The molecule has 1 aliphatic carbocycles. The van der Waals surface area contributed by atoms with E-state index in [0.29, 0.717) is 6.04 Å². The molecular formula is C15H23N. The molecule has 0 heterocycles. The second kappa shape index (κ2) is 5.49. The van der Waals surface area contributed by atoms with E-state index >= 15 is 0 Å². The Kier molecular flexibility index (Phi) is 4.00. The van der Waals surface area contributed by atoms with Crippen molar-refractivity contribution >= 4 is 0 Å². The summed E-state index contributed by atoms with van der Waals surface area (Å²) in [7, 11) is 0. The summed E-state index contributed by atoms with van der Waals surface area (Å²) in [5, 5.41) is 3.78. The Bertz CT molecular complexity index is 302. The van der Waals surface area contributed by atoms with Gasteiger partial charge in [0.15, 0.2) is 0 Å². The average Bonchev–Trinajstić information content (AvgIpc) is 3.11. The van der Waals surface area contributed by atoms with E-state index < -0.39 is 0 Å². The number of benzene rings is 1. The Morgan fingerprint density at radius 1 is 1.25 bits per heavy atom. The summed E-state index contributed by atoms with van der Waals surface area (Å²) >= 11 is 0. The molecule has 2 unspecified atom stereocenters. The van der Waals surface area contributed by atoms with Gasteiger partial charge in [-0.2, -0.15) is 0 Å². The first-order chi connectivity index (χ1) is 7.79. The summed E-state index contributed by atoms with van der Waals surface area (Å²) in [6.45, 7) is 4.60. The Balaban J connectivity index is 1.81.